The first kappa shape index (κ1) is 14.9. The van der Waals surface area contributed by atoms with E-state index in [1.807, 2.05) is 31.2 Å². The Balaban J connectivity index is 1.73. The average molecular weight is 276 g/mol. The van der Waals surface area contributed by atoms with Gasteiger partial charge in [0.25, 0.3) is 0 Å². The van der Waals surface area contributed by atoms with Gasteiger partial charge in [0.2, 0.25) is 5.91 Å². The van der Waals surface area contributed by atoms with Gasteiger partial charge in [0.05, 0.1) is 13.0 Å². The summed E-state index contributed by atoms with van der Waals surface area (Å²) in [6.07, 6.45) is 1.62. The fraction of sp³-hybridized carbons (Fsp3) is 0.562. The first-order chi connectivity index (χ1) is 9.67. The van der Waals surface area contributed by atoms with E-state index in [-0.39, 0.29) is 5.91 Å². The minimum absolute atomic E-state index is 0.101. The van der Waals surface area contributed by atoms with Crippen molar-refractivity contribution in [2.45, 2.75) is 19.8 Å². The highest BCUT2D eigenvalue weighted by atomic mass is 16.5. The van der Waals surface area contributed by atoms with Crippen molar-refractivity contribution in [3.63, 3.8) is 0 Å². The van der Waals surface area contributed by atoms with E-state index in [9.17, 15) is 4.79 Å². The van der Waals surface area contributed by atoms with E-state index in [1.54, 1.807) is 0 Å². The number of hydrogen-bond acceptors (Lipinski definition) is 3. The van der Waals surface area contributed by atoms with Crippen LogP contribution in [0.2, 0.25) is 0 Å². The number of nitrogens with zero attached hydrogens (tertiary/aromatic N) is 1. The zero-order valence-corrected chi connectivity index (χ0v) is 12.4. The predicted octanol–water partition coefficient (Wildman–Crippen LogP) is 1.70. The van der Waals surface area contributed by atoms with Gasteiger partial charge < -0.3 is 15.0 Å². The molecule has 1 aromatic carbocycles. The largest absolute Gasteiger partial charge is 0.494 e. The van der Waals surface area contributed by atoms with Gasteiger partial charge in [-0.25, -0.2) is 0 Å². The van der Waals surface area contributed by atoms with Gasteiger partial charge in [0, 0.05) is 13.1 Å². The molecule has 1 saturated heterocycles. The van der Waals surface area contributed by atoms with Crippen LogP contribution in [0.25, 0.3) is 0 Å². The average Bonchev–Trinajstić information content (AvgIpc) is 2.85. The fourth-order valence-corrected chi connectivity index (χ4v) is 2.57. The Kier molecular flexibility index (Phi) is 5.41. The van der Waals surface area contributed by atoms with Crippen LogP contribution in [0.1, 0.15) is 18.9 Å². The smallest absolute Gasteiger partial charge is 0.224 e. The maximum atomic E-state index is 11.9. The molecule has 1 N–H and O–H groups in total. The van der Waals surface area contributed by atoms with Crippen LogP contribution in [0.4, 0.5) is 0 Å². The van der Waals surface area contributed by atoms with E-state index >= 15 is 0 Å². The number of amides is 1. The Morgan fingerprint density at radius 2 is 2.15 bits per heavy atom. The minimum atomic E-state index is 0.101. The van der Waals surface area contributed by atoms with Gasteiger partial charge in [0.1, 0.15) is 5.75 Å². The number of carbonyl (C=O) groups is 1. The van der Waals surface area contributed by atoms with E-state index in [2.05, 4.69) is 17.3 Å². The van der Waals surface area contributed by atoms with Crippen molar-refractivity contribution in [2.75, 3.05) is 33.3 Å². The van der Waals surface area contributed by atoms with Crippen LogP contribution in [-0.4, -0.2) is 44.1 Å². The van der Waals surface area contributed by atoms with Gasteiger partial charge in [0.15, 0.2) is 0 Å². The number of rotatable bonds is 6. The minimum Gasteiger partial charge on any atom is -0.494 e. The quantitative estimate of drug-likeness (QED) is 0.860. The Hall–Kier alpha value is -1.55. The molecule has 1 fully saturated rings. The van der Waals surface area contributed by atoms with Crippen LogP contribution in [-0.2, 0) is 11.2 Å². The zero-order valence-electron chi connectivity index (χ0n) is 12.4. The third-order valence-corrected chi connectivity index (χ3v) is 3.68. The fourth-order valence-electron chi connectivity index (χ4n) is 2.57. The summed E-state index contributed by atoms with van der Waals surface area (Å²) >= 11 is 0. The molecule has 0 aliphatic carbocycles. The summed E-state index contributed by atoms with van der Waals surface area (Å²) in [4.78, 5) is 14.2. The molecule has 1 unspecified atom stereocenters. The van der Waals surface area contributed by atoms with Crippen LogP contribution >= 0.6 is 0 Å². The second kappa shape index (κ2) is 7.29. The van der Waals surface area contributed by atoms with Gasteiger partial charge in [-0.1, -0.05) is 12.1 Å². The summed E-state index contributed by atoms with van der Waals surface area (Å²) in [5.74, 6) is 1.55. The number of carbonyl (C=O) groups excluding carboxylic acids is 1. The van der Waals surface area contributed by atoms with Gasteiger partial charge >= 0.3 is 0 Å². The molecule has 2 rings (SSSR count). The number of ether oxygens (including phenoxy) is 1. The lowest BCUT2D eigenvalue weighted by Gasteiger charge is -2.12. The maximum Gasteiger partial charge on any atom is 0.224 e. The molecular formula is C16H24N2O2. The molecule has 1 aliphatic rings. The van der Waals surface area contributed by atoms with E-state index in [1.165, 1.54) is 6.42 Å². The third-order valence-electron chi connectivity index (χ3n) is 3.68. The van der Waals surface area contributed by atoms with E-state index in [0.717, 1.165) is 30.9 Å². The van der Waals surface area contributed by atoms with Crippen LogP contribution in [0, 0.1) is 5.92 Å². The van der Waals surface area contributed by atoms with Gasteiger partial charge in [-0.15, -0.1) is 0 Å². The molecular weight excluding hydrogens is 252 g/mol. The van der Waals surface area contributed by atoms with Crippen LogP contribution in [0.3, 0.4) is 0 Å². The highest BCUT2D eigenvalue weighted by molar-refractivity contribution is 5.78. The summed E-state index contributed by atoms with van der Waals surface area (Å²) in [6, 6.07) is 7.73. The second-order valence-electron chi connectivity index (χ2n) is 5.47. The van der Waals surface area contributed by atoms with Gasteiger partial charge in [-0.2, -0.15) is 0 Å². The highest BCUT2D eigenvalue weighted by Crippen LogP contribution is 2.14. The van der Waals surface area contributed by atoms with Crippen molar-refractivity contribution >= 4 is 5.91 Å². The topological polar surface area (TPSA) is 41.6 Å². The summed E-state index contributed by atoms with van der Waals surface area (Å²) in [5.41, 5.74) is 1.02. The normalized spacial score (nSPS) is 19.0. The number of hydrogen-bond donors (Lipinski definition) is 1. The molecule has 1 aliphatic heterocycles. The lowest BCUT2D eigenvalue weighted by Crippen LogP contribution is -2.31. The molecule has 110 valence electrons. The molecule has 1 aromatic rings. The first-order valence-corrected chi connectivity index (χ1v) is 7.34. The predicted molar refractivity (Wildman–Crippen MR) is 79.9 cm³/mol. The van der Waals surface area contributed by atoms with Crippen molar-refractivity contribution in [3.8, 4) is 5.75 Å². The monoisotopic (exact) mass is 276 g/mol. The standard InChI is InChI=1S/C16H24N2O2/c1-3-20-15-6-4-13(5-7-15)10-16(19)17-11-14-8-9-18(2)12-14/h4-7,14H,3,8-12H2,1-2H3,(H,17,19). The SMILES string of the molecule is CCOc1ccc(CC(=O)NCC2CCN(C)C2)cc1. The lowest BCUT2D eigenvalue weighted by atomic mass is 10.1. The van der Waals surface area contributed by atoms with Crippen molar-refractivity contribution in [2.24, 2.45) is 5.92 Å². The Morgan fingerprint density at radius 3 is 2.75 bits per heavy atom. The van der Waals surface area contributed by atoms with Crippen molar-refractivity contribution < 1.29 is 9.53 Å². The van der Waals surface area contributed by atoms with Gasteiger partial charge in [-0.3, -0.25) is 4.79 Å². The summed E-state index contributed by atoms with van der Waals surface area (Å²) in [5, 5.41) is 3.04. The molecule has 1 atom stereocenters. The molecule has 4 heteroatoms. The molecule has 4 nitrogen and oxygen atoms in total. The molecule has 20 heavy (non-hydrogen) atoms. The maximum absolute atomic E-state index is 11.9. The molecule has 0 aromatic heterocycles. The van der Waals surface area contributed by atoms with Crippen LogP contribution < -0.4 is 10.1 Å². The van der Waals surface area contributed by atoms with E-state index in [0.29, 0.717) is 18.9 Å². The molecule has 0 bridgehead atoms. The molecule has 1 amide bonds. The molecule has 0 spiro atoms. The third kappa shape index (κ3) is 4.53. The summed E-state index contributed by atoms with van der Waals surface area (Å²) in [7, 11) is 2.13. The van der Waals surface area contributed by atoms with Crippen LogP contribution in [0.5, 0.6) is 5.75 Å². The molecule has 0 saturated carbocycles. The Morgan fingerprint density at radius 1 is 1.40 bits per heavy atom. The zero-order chi connectivity index (χ0) is 14.4. The number of benzene rings is 1. The van der Waals surface area contributed by atoms with Crippen molar-refractivity contribution in [1.29, 1.82) is 0 Å². The summed E-state index contributed by atoms with van der Waals surface area (Å²) in [6.45, 7) is 5.64. The number of likely N-dealkylation sites (tertiary alicyclic amines) is 1. The molecule has 0 radical (unpaired) electrons. The molecule has 1 heterocycles. The van der Waals surface area contributed by atoms with Crippen molar-refractivity contribution in [1.82, 2.24) is 10.2 Å². The van der Waals surface area contributed by atoms with E-state index < -0.39 is 0 Å². The lowest BCUT2D eigenvalue weighted by molar-refractivity contribution is -0.120. The van der Waals surface area contributed by atoms with E-state index in [4.69, 9.17) is 4.74 Å². The van der Waals surface area contributed by atoms with Crippen molar-refractivity contribution in [3.05, 3.63) is 29.8 Å². The first-order valence-electron chi connectivity index (χ1n) is 7.34. The Bertz CT molecular complexity index is 431. The van der Waals surface area contributed by atoms with Gasteiger partial charge in [-0.05, 0) is 50.6 Å². The summed E-state index contributed by atoms with van der Waals surface area (Å²) < 4.78 is 5.39. The number of nitrogens with one attached hydrogen (secondary N) is 1. The highest BCUT2D eigenvalue weighted by Gasteiger charge is 2.19. The van der Waals surface area contributed by atoms with Crippen LogP contribution in [0.15, 0.2) is 24.3 Å². The Labute approximate surface area is 121 Å². The second-order valence-corrected chi connectivity index (χ2v) is 5.47.